The van der Waals surface area contributed by atoms with E-state index in [0.29, 0.717) is 12.5 Å². The third kappa shape index (κ3) is 8.11. The molecule has 10 heteroatoms. The molecule has 1 atom stereocenters. The fraction of sp³-hybridized carbons (Fsp3) is 0.533. The van der Waals surface area contributed by atoms with E-state index in [1.807, 2.05) is 13.8 Å². The third-order valence-electron chi connectivity index (χ3n) is 3.24. The third-order valence-corrected chi connectivity index (χ3v) is 5.65. The van der Waals surface area contributed by atoms with E-state index in [9.17, 15) is 13.2 Å². The summed E-state index contributed by atoms with van der Waals surface area (Å²) in [6.07, 6.45) is 0.763. The minimum atomic E-state index is -3.89. The summed E-state index contributed by atoms with van der Waals surface area (Å²) in [6, 6.07) is 4.31. The van der Waals surface area contributed by atoms with E-state index < -0.39 is 10.0 Å². The number of sulfonamides is 1. The second-order valence-electron chi connectivity index (χ2n) is 5.83. The van der Waals surface area contributed by atoms with Crippen LogP contribution in [0.5, 0.6) is 0 Å². The van der Waals surface area contributed by atoms with Crippen molar-refractivity contribution in [3.8, 4) is 0 Å². The second-order valence-corrected chi connectivity index (χ2v) is 8.35. The summed E-state index contributed by atoms with van der Waals surface area (Å²) in [4.78, 5) is 11.7. The molecule has 0 radical (unpaired) electrons. The molecule has 0 spiro atoms. The molecule has 144 valence electrons. The first-order valence-corrected chi connectivity index (χ1v) is 9.84. The highest BCUT2D eigenvalue weighted by Gasteiger charge is 2.21. The number of carbonyl (C=O) groups is 1. The molecule has 0 aliphatic rings. The van der Waals surface area contributed by atoms with Crippen LogP contribution in [0.25, 0.3) is 0 Å². The van der Waals surface area contributed by atoms with Gasteiger partial charge in [0, 0.05) is 25.6 Å². The Morgan fingerprint density at radius 1 is 1.24 bits per heavy atom. The zero-order valence-electron chi connectivity index (χ0n) is 14.1. The molecule has 0 saturated heterocycles. The van der Waals surface area contributed by atoms with Crippen LogP contribution in [0.1, 0.15) is 26.7 Å². The van der Waals surface area contributed by atoms with E-state index in [0.717, 1.165) is 6.42 Å². The maximum absolute atomic E-state index is 12.2. The van der Waals surface area contributed by atoms with E-state index >= 15 is 0 Å². The fourth-order valence-electron chi connectivity index (χ4n) is 2.19. The molecular weight excluding hydrogens is 409 g/mol. The molecule has 1 rings (SSSR count). The molecule has 0 bridgehead atoms. The lowest BCUT2D eigenvalue weighted by Gasteiger charge is -2.18. The number of hydrogen-bond donors (Lipinski definition) is 3. The lowest BCUT2D eigenvalue weighted by molar-refractivity contribution is -0.121. The van der Waals surface area contributed by atoms with Crippen molar-refractivity contribution in [1.29, 1.82) is 0 Å². The van der Waals surface area contributed by atoms with E-state index in [4.69, 9.17) is 28.9 Å². The summed E-state index contributed by atoms with van der Waals surface area (Å²) >= 11 is 11.8. The Hall–Kier alpha value is -0.570. The molecule has 1 amide bonds. The van der Waals surface area contributed by atoms with Crippen molar-refractivity contribution in [2.24, 2.45) is 11.7 Å². The summed E-state index contributed by atoms with van der Waals surface area (Å²) in [6.45, 7) is 4.35. The van der Waals surface area contributed by atoms with Crippen molar-refractivity contribution in [3.05, 3.63) is 28.2 Å². The van der Waals surface area contributed by atoms with Gasteiger partial charge in [-0.3, -0.25) is 4.79 Å². The van der Waals surface area contributed by atoms with Gasteiger partial charge < -0.3 is 11.1 Å². The van der Waals surface area contributed by atoms with Gasteiger partial charge in [-0.2, -0.15) is 0 Å². The molecule has 0 aliphatic heterocycles. The first kappa shape index (κ1) is 24.4. The first-order chi connectivity index (χ1) is 11.2. The van der Waals surface area contributed by atoms with E-state index in [-0.39, 0.29) is 52.3 Å². The predicted molar refractivity (Wildman–Crippen MR) is 104 cm³/mol. The summed E-state index contributed by atoms with van der Waals surface area (Å²) in [5, 5.41) is 2.85. The van der Waals surface area contributed by atoms with Gasteiger partial charge in [0.1, 0.15) is 4.90 Å². The number of amides is 1. The van der Waals surface area contributed by atoms with Gasteiger partial charge in [0.05, 0.1) is 10.0 Å². The fourth-order valence-corrected chi connectivity index (χ4v) is 4.36. The highest BCUT2D eigenvalue weighted by Crippen LogP contribution is 2.28. The van der Waals surface area contributed by atoms with E-state index in [2.05, 4.69) is 10.0 Å². The number of benzene rings is 1. The van der Waals surface area contributed by atoms with Crippen LogP contribution in [0.3, 0.4) is 0 Å². The minimum Gasteiger partial charge on any atom is -0.352 e. The quantitative estimate of drug-likeness (QED) is 0.558. The van der Waals surface area contributed by atoms with Gasteiger partial charge in [-0.25, -0.2) is 13.1 Å². The second kappa shape index (κ2) is 11.2. The van der Waals surface area contributed by atoms with Crippen molar-refractivity contribution in [2.75, 3.05) is 13.1 Å². The largest absolute Gasteiger partial charge is 0.352 e. The van der Waals surface area contributed by atoms with Crippen molar-refractivity contribution in [3.63, 3.8) is 0 Å². The lowest BCUT2D eigenvalue weighted by Crippen LogP contribution is -2.42. The number of halogens is 3. The first-order valence-electron chi connectivity index (χ1n) is 7.60. The normalized spacial score (nSPS) is 12.6. The average molecular weight is 433 g/mol. The van der Waals surface area contributed by atoms with Gasteiger partial charge in [-0.05, 0) is 24.5 Å². The van der Waals surface area contributed by atoms with Gasteiger partial charge in [0.15, 0.2) is 0 Å². The molecule has 1 aromatic carbocycles. The Balaban J connectivity index is 0.00000576. The molecule has 0 fully saturated rings. The van der Waals surface area contributed by atoms with Crippen LogP contribution < -0.4 is 15.8 Å². The zero-order chi connectivity index (χ0) is 18.3. The topological polar surface area (TPSA) is 101 Å². The Labute approximate surface area is 165 Å². The Morgan fingerprint density at radius 2 is 1.80 bits per heavy atom. The van der Waals surface area contributed by atoms with Gasteiger partial charge in [0.2, 0.25) is 15.9 Å². The molecule has 25 heavy (non-hydrogen) atoms. The minimum absolute atomic E-state index is 0. The molecule has 4 N–H and O–H groups in total. The van der Waals surface area contributed by atoms with Gasteiger partial charge >= 0.3 is 0 Å². The van der Waals surface area contributed by atoms with Gasteiger partial charge in [-0.1, -0.05) is 43.1 Å². The summed E-state index contributed by atoms with van der Waals surface area (Å²) in [7, 11) is -3.89. The van der Waals surface area contributed by atoms with Gasteiger partial charge in [-0.15, -0.1) is 12.4 Å². The van der Waals surface area contributed by atoms with E-state index in [1.54, 1.807) is 6.07 Å². The standard InChI is InChI=1S/C15H23Cl2N3O3S.ClH/c1-10(2)8-11(9-18)20-14(21)6-7-19-24(22,23)15-12(16)4-3-5-13(15)17;/h3-5,10-11,19H,6-9,18H2,1-2H3,(H,20,21);1H. The zero-order valence-corrected chi connectivity index (χ0v) is 17.2. The summed E-state index contributed by atoms with van der Waals surface area (Å²) < 4.78 is 26.8. The van der Waals surface area contributed by atoms with Crippen LogP contribution >= 0.6 is 35.6 Å². The molecular formula is C15H24Cl3N3O3S. The van der Waals surface area contributed by atoms with Crippen LogP contribution in [0.15, 0.2) is 23.1 Å². The predicted octanol–water partition coefficient (Wildman–Crippen LogP) is 2.57. The Bertz CT molecular complexity index is 649. The number of nitrogens with two attached hydrogens (primary N) is 1. The highest BCUT2D eigenvalue weighted by molar-refractivity contribution is 7.89. The lowest BCUT2D eigenvalue weighted by atomic mass is 10.0. The molecule has 0 aromatic heterocycles. The summed E-state index contributed by atoms with van der Waals surface area (Å²) in [5.41, 5.74) is 5.62. The Morgan fingerprint density at radius 3 is 2.28 bits per heavy atom. The molecule has 0 aliphatic carbocycles. The van der Waals surface area contributed by atoms with Crippen LogP contribution in [0.2, 0.25) is 10.0 Å². The van der Waals surface area contributed by atoms with Crippen LogP contribution in [0, 0.1) is 5.92 Å². The van der Waals surface area contributed by atoms with Crippen molar-refractivity contribution in [1.82, 2.24) is 10.0 Å². The summed E-state index contributed by atoms with van der Waals surface area (Å²) in [5.74, 6) is 0.138. The van der Waals surface area contributed by atoms with Crippen LogP contribution in [-0.2, 0) is 14.8 Å². The van der Waals surface area contributed by atoms with Crippen molar-refractivity contribution < 1.29 is 13.2 Å². The average Bonchev–Trinajstić information content (AvgIpc) is 2.45. The molecule has 0 heterocycles. The number of nitrogens with one attached hydrogen (secondary N) is 2. The Kier molecular flexibility index (Phi) is 11.0. The molecule has 1 unspecified atom stereocenters. The van der Waals surface area contributed by atoms with Crippen molar-refractivity contribution >= 4 is 51.5 Å². The molecule has 0 saturated carbocycles. The van der Waals surface area contributed by atoms with Crippen molar-refractivity contribution in [2.45, 2.75) is 37.6 Å². The monoisotopic (exact) mass is 431 g/mol. The number of carbonyl (C=O) groups excluding carboxylic acids is 1. The van der Waals surface area contributed by atoms with Gasteiger partial charge in [0.25, 0.3) is 0 Å². The maximum Gasteiger partial charge on any atom is 0.243 e. The highest BCUT2D eigenvalue weighted by atomic mass is 35.5. The maximum atomic E-state index is 12.2. The van der Waals surface area contributed by atoms with E-state index in [1.165, 1.54) is 12.1 Å². The van der Waals surface area contributed by atoms with Crippen LogP contribution in [-0.4, -0.2) is 33.5 Å². The smallest absolute Gasteiger partial charge is 0.243 e. The SMILES string of the molecule is CC(C)CC(CN)NC(=O)CCNS(=O)(=O)c1c(Cl)cccc1Cl.Cl. The number of rotatable bonds is 9. The molecule has 6 nitrogen and oxygen atoms in total. The van der Waals surface area contributed by atoms with Crippen LogP contribution in [0.4, 0.5) is 0 Å². The molecule has 1 aromatic rings. The number of hydrogen-bond acceptors (Lipinski definition) is 4.